The topological polar surface area (TPSA) is 89.5 Å². The number of fused-ring (bicyclic) bond motifs is 1. The van der Waals surface area contributed by atoms with E-state index in [9.17, 15) is 9.59 Å². The van der Waals surface area contributed by atoms with Crippen LogP contribution < -0.4 is 15.4 Å². The molecule has 7 nitrogen and oxygen atoms in total. The minimum absolute atomic E-state index is 0.231. The monoisotopic (exact) mass is 451 g/mol. The van der Waals surface area contributed by atoms with Gasteiger partial charge in [0, 0.05) is 17.1 Å². The van der Waals surface area contributed by atoms with Crippen molar-refractivity contribution >= 4 is 34.5 Å². The van der Waals surface area contributed by atoms with Gasteiger partial charge in [-0.2, -0.15) is 0 Å². The molecule has 32 heavy (non-hydrogen) atoms. The van der Waals surface area contributed by atoms with Crippen LogP contribution in [-0.4, -0.2) is 23.6 Å². The van der Waals surface area contributed by atoms with Gasteiger partial charge in [-0.25, -0.2) is 14.6 Å². The molecule has 0 saturated heterocycles. The van der Waals surface area contributed by atoms with E-state index in [-0.39, 0.29) is 6.61 Å². The van der Waals surface area contributed by atoms with E-state index < -0.39 is 18.0 Å². The first-order chi connectivity index (χ1) is 15.4. The second-order valence-electron chi connectivity index (χ2n) is 7.43. The van der Waals surface area contributed by atoms with Crippen molar-refractivity contribution < 1.29 is 19.1 Å². The van der Waals surface area contributed by atoms with E-state index in [0.29, 0.717) is 33.5 Å². The van der Waals surface area contributed by atoms with Gasteiger partial charge in [0.15, 0.2) is 0 Å². The van der Waals surface area contributed by atoms with Crippen LogP contribution in [0.3, 0.4) is 0 Å². The van der Waals surface area contributed by atoms with Crippen molar-refractivity contribution in [2.24, 2.45) is 0 Å². The predicted octanol–water partition coefficient (Wildman–Crippen LogP) is 5.18. The molecule has 4 rings (SSSR count). The molecular weight excluding hydrogens is 430 g/mol. The fraction of sp³-hybridized carbons (Fsp3) is 0.208. The number of ether oxygens (including phenoxy) is 2. The van der Waals surface area contributed by atoms with Gasteiger partial charge < -0.3 is 20.1 Å². The van der Waals surface area contributed by atoms with Crippen LogP contribution in [0.5, 0.6) is 11.5 Å². The van der Waals surface area contributed by atoms with E-state index in [4.69, 9.17) is 21.1 Å². The van der Waals surface area contributed by atoms with Gasteiger partial charge in [0.1, 0.15) is 16.7 Å². The molecule has 1 atom stereocenters. The first kappa shape index (κ1) is 21.6. The molecule has 0 bridgehead atoms. The molecule has 2 N–H and O–H groups in total. The number of hydrogen-bond donors (Lipinski definition) is 2. The van der Waals surface area contributed by atoms with Crippen molar-refractivity contribution in [1.82, 2.24) is 15.6 Å². The molecule has 0 fully saturated rings. The molecule has 0 radical (unpaired) electrons. The molecule has 164 valence electrons. The normalized spacial score (nSPS) is 15.9. The third kappa shape index (κ3) is 4.38. The van der Waals surface area contributed by atoms with Gasteiger partial charge in [-0.15, -0.1) is 0 Å². The summed E-state index contributed by atoms with van der Waals surface area (Å²) in [4.78, 5) is 29.0. The number of hydrogen-bond acceptors (Lipinski definition) is 5. The number of carbonyl (C=O) groups excluding carboxylic acids is 2. The lowest BCUT2D eigenvalue weighted by molar-refractivity contribution is -0.139. The molecule has 1 aliphatic heterocycles. The Balaban J connectivity index is 1.72. The van der Waals surface area contributed by atoms with Crippen molar-refractivity contribution in [3.05, 3.63) is 76.1 Å². The molecule has 3 aromatic rings. The smallest absolute Gasteiger partial charge is 0.338 e. The van der Waals surface area contributed by atoms with Crippen LogP contribution in [0.15, 0.2) is 59.8 Å². The summed E-state index contributed by atoms with van der Waals surface area (Å²) in [7, 11) is 0. The highest BCUT2D eigenvalue weighted by atomic mass is 35.5. The van der Waals surface area contributed by atoms with Crippen molar-refractivity contribution in [3.63, 3.8) is 0 Å². The lowest BCUT2D eigenvalue weighted by Gasteiger charge is -2.28. The molecule has 1 unspecified atom stereocenters. The summed E-state index contributed by atoms with van der Waals surface area (Å²) in [6, 6.07) is 13.6. The van der Waals surface area contributed by atoms with Crippen LogP contribution in [0, 0.1) is 6.92 Å². The first-order valence-electron chi connectivity index (χ1n) is 10.2. The summed E-state index contributed by atoms with van der Waals surface area (Å²) in [6.07, 6.45) is 0. The van der Waals surface area contributed by atoms with Crippen LogP contribution in [0.25, 0.3) is 10.9 Å². The predicted molar refractivity (Wildman–Crippen MR) is 122 cm³/mol. The second-order valence-corrected chi connectivity index (χ2v) is 7.82. The van der Waals surface area contributed by atoms with Crippen molar-refractivity contribution in [1.29, 1.82) is 0 Å². The zero-order valence-electron chi connectivity index (χ0n) is 17.9. The molecule has 1 aliphatic rings. The number of halogens is 1. The van der Waals surface area contributed by atoms with Crippen molar-refractivity contribution in [2.45, 2.75) is 26.8 Å². The zero-order chi connectivity index (χ0) is 22.8. The van der Waals surface area contributed by atoms with E-state index in [1.54, 1.807) is 38.1 Å². The number of amides is 2. The van der Waals surface area contributed by atoms with E-state index in [1.165, 1.54) is 0 Å². The van der Waals surface area contributed by atoms with E-state index in [0.717, 1.165) is 16.5 Å². The van der Waals surface area contributed by atoms with Crippen LogP contribution in [0.1, 0.15) is 31.0 Å². The summed E-state index contributed by atoms with van der Waals surface area (Å²) >= 11 is 6.20. The number of allylic oxidation sites excluding steroid dienone is 1. The number of urea groups is 1. The maximum atomic E-state index is 12.6. The third-order valence-electron chi connectivity index (χ3n) is 5.08. The third-order valence-corrected chi connectivity index (χ3v) is 5.27. The van der Waals surface area contributed by atoms with Crippen LogP contribution in [0.2, 0.25) is 5.15 Å². The maximum absolute atomic E-state index is 12.6. The number of benzene rings is 2. The number of nitrogens with one attached hydrogen (secondary N) is 2. The summed E-state index contributed by atoms with van der Waals surface area (Å²) in [5.74, 6) is 0.602. The maximum Gasteiger partial charge on any atom is 0.338 e. The Bertz CT molecular complexity index is 1260. The molecule has 2 heterocycles. The van der Waals surface area contributed by atoms with Gasteiger partial charge in [-0.1, -0.05) is 35.4 Å². The summed E-state index contributed by atoms with van der Waals surface area (Å²) < 4.78 is 11.4. The molecule has 2 aromatic carbocycles. The van der Waals surface area contributed by atoms with Gasteiger partial charge in [-0.05, 0) is 50.6 Å². The number of nitrogens with zero attached hydrogens (tertiary/aromatic N) is 1. The Morgan fingerprint density at radius 3 is 2.75 bits per heavy atom. The Labute approximate surface area is 190 Å². The fourth-order valence-electron chi connectivity index (χ4n) is 3.67. The number of carbonyl (C=O) groups is 2. The SMILES string of the molecule is CCOC(=O)C1=C(C)NC(=O)NC1c1cccc(Oc2cc(Cl)nc3ccc(C)cc23)c1. The van der Waals surface area contributed by atoms with Crippen molar-refractivity contribution in [2.75, 3.05) is 6.61 Å². The highest BCUT2D eigenvalue weighted by Gasteiger charge is 2.32. The van der Waals surface area contributed by atoms with Crippen LogP contribution in [-0.2, 0) is 9.53 Å². The van der Waals surface area contributed by atoms with Gasteiger partial charge >= 0.3 is 12.0 Å². The zero-order valence-corrected chi connectivity index (χ0v) is 18.6. The molecule has 0 spiro atoms. The number of esters is 1. The van der Waals surface area contributed by atoms with Crippen LogP contribution >= 0.6 is 11.6 Å². The Morgan fingerprint density at radius 1 is 1.16 bits per heavy atom. The van der Waals surface area contributed by atoms with Crippen LogP contribution in [0.4, 0.5) is 4.79 Å². The minimum Gasteiger partial charge on any atom is -0.463 e. The highest BCUT2D eigenvalue weighted by Crippen LogP contribution is 2.34. The van der Waals surface area contributed by atoms with Gasteiger partial charge in [0.2, 0.25) is 0 Å². The average Bonchev–Trinajstić information content (AvgIpc) is 2.74. The lowest BCUT2D eigenvalue weighted by atomic mass is 9.95. The number of rotatable bonds is 5. The van der Waals surface area contributed by atoms with Crippen molar-refractivity contribution in [3.8, 4) is 11.5 Å². The Morgan fingerprint density at radius 2 is 1.97 bits per heavy atom. The molecule has 2 amide bonds. The van der Waals surface area contributed by atoms with Gasteiger partial charge in [0.25, 0.3) is 0 Å². The highest BCUT2D eigenvalue weighted by molar-refractivity contribution is 6.30. The fourth-order valence-corrected chi connectivity index (χ4v) is 3.86. The average molecular weight is 452 g/mol. The van der Waals surface area contributed by atoms with E-state index >= 15 is 0 Å². The standard InChI is InChI=1S/C24H22ClN3O4/c1-4-31-23(29)21-14(3)26-24(30)28-22(21)15-6-5-7-16(11-15)32-19-12-20(25)27-18-9-8-13(2)10-17(18)19/h5-12,22H,4H2,1-3H3,(H2,26,28,30). The molecule has 0 saturated carbocycles. The second kappa shape index (κ2) is 8.88. The quantitative estimate of drug-likeness (QED) is 0.412. The minimum atomic E-state index is -0.675. The number of pyridine rings is 1. The van der Waals surface area contributed by atoms with Gasteiger partial charge in [-0.3, -0.25) is 0 Å². The summed E-state index contributed by atoms with van der Waals surface area (Å²) in [5.41, 5.74) is 3.27. The lowest BCUT2D eigenvalue weighted by Crippen LogP contribution is -2.45. The summed E-state index contributed by atoms with van der Waals surface area (Å²) in [6.45, 7) is 5.63. The molecule has 8 heteroatoms. The number of aromatic nitrogens is 1. The largest absolute Gasteiger partial charge is 0.463 e. The molecule has 0 aliphatic carbocycles. The molecular formula is C24H22ClN3O4. The van der Waals surface area contributed by atoms with Gasteiger partial charge in [0.05, 0.1) is 23.7 Å². The Kier molecular flexibility index (Phi) is 6.01. The summed E-state index contributed by atoms with van der Waals surface area (Å²) in [5, 5.41) is 6.58. The van der Waals surface area contributed by atoms with E-state index in [2.05, 4.69) is 15.6 Å². The first-order valence-corrected chi connectivity index (χ1v) is 10.5. The molecule has 1 aromatic heterocycles. The van der Waals surface area contributed by atoms with E-state index in [1.807, 2.05) is 31.2 Å². The Hall–Kier alpha value is -3.58. The number of aryl methyl sites for hydroxylation is 1.